The van der Waals surface area contributed by atoms with E-state index in [0.717, 1.165) is 36.5 Å². The van der Waals surface area contributed by atoms with Gasteiger partial charge in [0.15, 0.2) is 5.78 Å². The lowest BCUT2D eigenvalue weighted by molar-refractivity contribution is -0.119. The Labute approximate surface area is 171 Å². The zero-order chi connectivity index (χ0) is 19.5. The van der Waals surface area contributed by atoms with Crippen LogP contribution < -0.4 is 4.90 Å². The standard InChI is InChI=1S/C20H19ClN4O2S/c21-19-11-10-18(28-19)17(26)9-4-14-13-25(23-22-14)16-7-5-15(6-8-16)24-12-2-1-3-20(24)27/h5-8,10-11,13H,1-4,9,12H2. The highest BCUT2D eigenvalue weighted by molar-refractivity contribution is 7.18. The average Bonchev–Trinajstić information content (AvgIpc) is 3.36. The fourth-order valence-corrected chi connectivity index (χ4v) is 4.24. The Bertz CT molecular complexity index is 996. The van der Waals surface area contributed by atoms with Crippen LogP contribution in [0, 0.1) is 0 Å². The number of hydrogen-bond donors (Lipinski definition) is 0. The number of ketones is 1. The molecule has 0 N–H and O–H groups in total. The summed E-state index contributed by atoms with van der Waals surface area (Å²) in [5.41, 5.74) is 2.53. The predicted octanol–water partition coefficient (Wildman–Crippen LogP) is 4.31. The molecule has 2 aromatic heterocycles. The van der Waals surface area contributed by atoms with Crippen molar-refractivity contribution in [1.29, 1.82) is 0 Å². The summed E-state index contributed by atoms with van der Waals surface area (Å²) in [5.74, 6) is 0.237. The molecule has 0 radical (unpaired) electrons. The number of hydrogen-bond acceptors (Lipinski definition) is 5. The molecule has 28 heavy (non-hydrogen) atoms. The first-order valence-corrected chi connectivity index (χ1v) is 10.4. The van der Waals surface area contributed by atoms with E-state index in [1.54, 1.807) is 16.8 Å². The van der Waals surface area contributed by atoms with Gasteiger partial charge in [-0.05, 0) is 49.2 Å². The van der Waals surface area contributed by atoms with Crippen LogP contribution in [0.15, 0.2) is 42.6 Å². The van der Waals surface area contributed by atoms with Crippen molar-refractivity contribution in [3.05, 3.63) is 57.5 Å². The number of benzene rings is 1. The molecule has 0 bridgehead atoms. The Kier molecular flexibility index (Phi) is 5.54. The van der Waals surface area contributed by atoms with Gasteiger partial charge >= 0.3 is 0 Å². The number of halogens is 1. The topological polar surface area (TPSA) is 68.1 Å². The summed E-state index contributed by atoms with van der Waals surface area (Å²) >= 11 is 7.17. The van der Waals surface area contributed by atoms with Gasteiger partial charge in [0.2, 0.25) is 5.91 Å². The molecule has 0 spiro atoms. The fraction of sp³-hybridized carbons (Fsp3) is 0.300. The SMILES string of the molecule is O=C(CCc1cn(-c2ccc(N3CCCCC3=O)cc2)nn1)c1ccc(Cl)s1. The Hall–Kier alpha value is -2.51. The second-order valence-electron chi connectivity index (χ2n) is 6.70. The highest BCUT2D eigenvalue weighted by Crippen LogP contribution is 2.24. The lowest BCUT2D eigenvalue weighted by atomic mass is 10.1. The minimum Gasteiger partial charge on any atom is -0.312 e. The van der Waals surface area contributed by atoms with Crippen LogP contribution >= 0.6 is 22.9 Å². The van der Waals surface area contributed by atoms with Gasteiger partial charge < -0.3 is 4.90 Å². The third kappa shape index (κ3) is 4.15. The minimum atomic E-state index is 0.0574. The summed E-state index contributed by atoms with van der Waals surface area (Å²) in [5, 5.41) is 8.32. The number of rotatable bonds is 6. The molecular weight excluding hydrogens is 396 g/mol. The van der Waals surface area contributed by atoms with Gasteiger partial charge in [-0.25, -0.2) is 4.68 Å². The molecule has 1 fully saturated rings. The number of thiophene rings is 1. The Morgan fingerprint density at radius 2 is 1.89 bits per heavy atom. The monoisotopic (exact) mass is 414 g/mol. The van der Waals surface area contributed by atoms with Crippen LogP contribution in [0.4, 0.5) is 5.69 Å². The first-order valence-electron chi connectivity index (χ1n) is 9.21. The van der Waals surface area contributed by atoms with Crippen LogP contribution in [0.5, 0.6) is 0 Å². The molecule has 0 atom stereocenters. The smallest absolute Gasteiger partial charge is 0.226 e. The van der Waals surface area contributed by atoms with E-state index in [-0.39, 0.29) is 11.7 Å². The molecule has 1 aromatic carbocycles. The van der Waals surface area contributed by atoms with Gasteiger partial charge in [0, 0.05) is 31.5 Å². The Morgan fingerprint density at radius 3 is 2.61 bits per heavy atom. The maximum Gasteiger partial charge on any atom is 0.226 e. The van der Waals surface area contributed by atoms with E-state index >= 15 is 0 Å². The number of nitrogens with zero attached hydrogens (tertiary/aromatic N) is 4. The van der Waals surface area contributed by atoms with Crippen LogP contribution in [0.25, 0.3) is 5.69 Å². The highest BCUT2D eigenvalue weighted by Gasteiger charge is 2.19. The second kappa shape index (κ2) is 8.24. The van der Waals surface area contributed by atoms with E-state index in [2.05, 4.69) is 10.3 Å². The van der Waals surface area contributed by atoms with E-state index in [0.29, 0.717) is 28.5 Å². The molecule has 1 aliphatic heterocycles. The van der Waals surface area contributed by atoms with E-state index in [1.165, 1.54) is 11.3 Å². The molecule has 3 heterocycles. The van der Waals surface area contributed by atoms with Crippen LogP contribution in [0.3, 0.4) is 0 Å². The van der Waals surface area contributed by atoms with Crippen molar-refractivity contribution in [2.24, 2.45) is 0 Å². The number of anilines is 1. The van der Waals surface area contributed by atoms with Crippen LogP contribution in [-0.2, 0) is 11.2 Å². The second-order valence-corrected chi connectivity index (χ2v) is 8.42. The number of carbonyl (C=O) groups is 2. The average molecular weight is 415 g/mol. The number of piperidine rings is 1. The summed E-state index contributed by atoms with van der Waals surface area (Å²) in [7, 11) is 0. The van der Waals surface area contributed by atoms with E-state index in [9.17, 15) is 9.59 Å². The molecular formula is C20H19ClN4O2S. The molecule has 144 valence electrons. The molecule has 0 aliphatic carbocycles. The molecule has 3 aromatic rings. The van der Waals surface area contributed by atoms with E-state index in [4.69, 9.17) is 11.6 Å². The number of aromatic nitrogens is 3. The first kappa shape index (κ1) is 18.8. The van der Waals surface area contributed by atoms with Crippen molar-refractivity contribution in [2.75, 3.05) is 11.4 Å². The Balaban J connectivity index is 1.39. The minimum absolute atomic E-state index is 0.0574. The highest BCUT2D eigenvalue weighted by atomic mass is 35.5. The molecule has 1 aliphatic rings. The lowest BCUT2D eigenvalue weighted by Crippen LogP contribution is -2.35. The fourth-order valence-electron chi connectivity index (χ4n) is 3.23. The van der Waals surface area contributed by atoms with Gasteiger partial charge in [-0.3, -0.25) is 9.59 Å². The number of carbonyl (C=O) groups excluding carboxylic acids is 2. The van der Waals surface area contributed by atoms with Gasteiger partial charge in [0.25, 0.3) is 0 Å². The molecule has 1 saturated heterocycles. The maximum atomic E-state index is 12.2. The summed E-state index contributed by atoms with van der Waals surface area (Å²) < 4.78 is 2.30. The lowest BCUT2D eigenvalue weighted by Gasteiger charge is -2.26. The summed E-state index contributed by atoms with van der Waals surface area (Å²) in [4.78, 5) is 26.7. The predicted molar refractivity (Wildman–Crippen MR) is 110 cm³/mol. The number of Topliss-reactive ketones (excluding diaryl/α,β-unsaturated/α-hetero) is 1. The molecule has 6 nitrogen and oxygen atoms in total. The Morgan fingerprint density at radius 1 is 1.11 bits per heavy atom. The van der Waals surface area contributed by atoms with Gasteiger partial charge in [-0.1, -0.05) is 16.8 Å². The van der Waals surface area contributed by atoms with Crippen molar-refractivity contribution < 1.29 is 9.59 Å². The van der Waals surface area contributed by atoms with Crippen molar-refractivity contribution in [1.82, 2.24) is 15.0 Å². The van der Waals surface area contributed by atoms with Crippen LogP contribution in [0.2, 0.25) is 4.34 Å². The van der Waals surface area contributed by atoms with Gasteiger partial charge in [-0.15, -0.1) is 16.4 Å². The third-order valence-corrected chi connectivity index (χ3v) is 6.02. The largest absolute Gasteiger partial charge is 0.312 e. The van der Waals surface area contributed by atoms with Crippen molar-refractivity contribution in [2.45, 2.75) is 32.1 Å². The normalized spacial score (nSPS) is 14.5. The summed E-state index contributed by atoms with van der Waals surface area (Å²) in [6, 6.07) is 11.2. The molecule has 8 heteroatoms. The van der Waals surface area contributed by atoms with Gasteiger partial charge in [0.1, 0.15) is 0 Å². The van der Waals surface area contributed by atoms with Crippen molar-refractivity contribution in [3.8, 4) is 5.69 Å². The maximum absolute atomic E-state index is 12.2. The zero-order valence-corrected chi connectivity index (χ0v) is 16.7. The number of aryl methyl sites for hydroxylation is 1. The third-order valence-electron chi connectivity index (χ3n) is 4.75. The summed E-state index contributed by atoms with van der Waals surface area (Å²) in [6.07, 6.45) is 5.34. The molecule has 4 rings (SSSR count). The van der Waals surface area contributed by atoms with Gasteiger partial charge in [0.05, 0.1) is 26.8 Å². The van der Waals surface area contributed by atoms with Crippen molar-refractivity contribution >= 4 is 40.3 Å². The van der Waals surface area contributed by atoms with E-state index < -0.39 is 0 Å². The summed E-state index contributed by atoms with van der Waals surface area (Å²) in [6.45, 7) is 0.773. The number of amides is 1. The van der Waals surface area contributed by atoms with Gasteiger partial charge in [-0.2, -0.15) is 0 Å². The zero-order valence-electron chi connectivity index (χ0n) is 15.2. The first-order chi connectivity index (χ1) is 13.6. The molecule has 1 amide bonds. The van der Waals surface area contributed by atoms with Crippen LogP contribution in [-0.4, -0.2) is 33.2 Å². The van der Waals surface area contributed by atoms with Crippen molar-refractivity contribution in [3.63, 3.8) is 0 Å². The van der Waals surface area contributed by atoms with E-state index in [1.807, 2.05) is 35.4 Å². The quantitative estimate of drug-likeness (QED) is 0.563. The molecule has 0 saturated carbocycles. The van der Waals surface area contributed by atoms with Crippen LogP contribution in [0.1, 0.15) is 41.0 Å². The molecule has 0 unspecified atom stereocenters.